The van der Waals surface area contributed by atoms with E-state index in [9.17, 15) is 4.39 Å². The lowest BCUT2D eigenvalue weighted by Crippen LogP contribution is -2.46. The molecule has 0 aromatic heterocycles. The lowest BCUT2D eigenvalue weighted by atomic mass is 10.2. The molecule has 3 nitrogen and oxygen atoms in total. The number of rotatable bonds is 2. The van der Waals surface area contributed by atoms with Gasteiger partial charge in [0.25, 0.3) is 0 Å². The van der Waals surface area contributed by atoms with Crippen LogP contribution in [-0.4, -0.2) is 37.6 Å². The number of hydrogen-bond donors (Lipinski definition) is 1. The van der Waals surface area contributed by atoms with Crippen LogP contribution >= 0.6 is 0 Å². The van der Waals surface area contributed by atoms with E-state index in [0.29, 0.717) is 5.69 Å². The van der Waals surface area contributed by atoms with Crippen molar-refractivity contribution in [3.8, 4) is 0 Å². The predicted molar refractivity (Wildman–Crippen MR) is 65.1 cm³/mol. The monoisotopic (exact) mass is 223 g/mol. The van der Waals surface area contributed by atoms with Crippen LogP contribution in [-0.2, 0) is 0 Å². The lowest BCUT2D eigenvalue weighted by molar-refractivity contribution is 0.271. The fourth-order valence-electron chi connectivity index (χ4n) is 2.12. The highest BCUT2D eigenvalue weighted by molar-refractivity contribution is 5.67. The Morgan fingerprint density at radius 1 is 1.25 bits per heavy atom. The van der Waals surface area contributed by atoms with Crippen LogP contribution in [0, 0.1) is 5.82 Å². The summed E-state index contributed by atoms with van der Waals surface area (Å²) in [5.74, 6) is -0.270. The molecule has 16 heavy (non-hydrogen) atoms. The van der Waals surface area contributed by atoms with Crippen molar-refractivity contribution in [2.24, 2.45) is 0 Å². The summed E-state index contributed by atoms with van der Waals surface area (Å²) >= 11 is 0. The Labute approximate surface area is 95.6 Å². The molecule has 0 amide bonds. The predicted octanol–water partition coefficient (Wildman–Crippen LogP) is 1.55. The Morgan fingerprint density at radius 2 is 1.94 bits per heavy atom. The van der Waals surface area contributed by atoms with E-state index >= 15 is 0 Å². The van der Waals surface area contributed by atoms with E-state index in [-0.39, 0.29) is 5.82 Å². The molecule has 0 spiro atoms. The Balaban J connectivity index is 2.08. The molecule has 0 aliphatic carbocycles. The first-order chi connectivity index (χ1) is 7.70. The van der Waals surface area contributed by atoms with Crippen molar-refractivity contribution in [2.75, 3.05) is 43.4 Å². The molecule has 0 unspecified atom stereocenters. The highest BCUT2D eigenvalue weighted by Crippen LogP contribution is 2.24. The van der Waals surface area contributed by atoms with E-state index in [1.54, 1.807) is 6.07 Å². The van der Waals surface area contributed by atoms with Gasteiger partial charge in [0.15, 0.2) is 0 Å². The summed E-state index contributed by atoms with van der Waals surface area (Å²) < 4.78 is 12.9. The quantitative estimate of drug-likeness (QED) is 0.772. The molecule has 1 aliphatic rings. The first-order valence-corrected chi connectivity index (χ1v) is 5.73. The Bertz CT molecular complexity index is 359. The van der Waals surface area contributed by atoms with Crippen LogP contribution in [0.25, 0.3) is 0 Å². The van der Waals surface area contributed by atoms with Crippen molar-refractivity contribution >= 4 is 11.4 Å². The third-order valence-corrected chi connectivity index (χ3v) is 3.15. The maximum Gasteiger partial charge on any atom is 0.125 e. The topological polar surface area (TPSA) is 32.5 Å². The Morgan fingerprint density at radius 3 is 2.50 bits per heavy atom. The molecule has 1 fully saturated rings. The minimum Gasteiger partial charge on any atom is -0.397 e. The van der Waals surface area contributed by atoms with Gasteiger partial charge in [-0.2, -0.15) is 0 Å². The molecule has 2 rings (SSSR count). The fraction of sp³-hybridized carbons (Fsp3) is 0.500. The van der Waals surface area contributed by atoms with Gasteiger partial charge in [0.2, 0.25) is 0 Å². The molecule has 1 aromatic carbocycles. The van der Waals surface area contributed by atoms with Crippen LogP contribution in [0.2, 0.25) is 0 Å². The molecule has 2 N–H and O–H groups in total. The van der Waals surface area contributed by atoms with E-state index in [2.05, 4.69) is 16.7 Å². The normalized spacial score (nSPS) is 17.8. The van der Waals surface area contributed by atoms with E-state index < -0.39 is 0 Å². The van der Waals surface area contributed by atoms with Gasteiger partial charge in [0.05, 0.1) is 11.4 Å². The zero-order valence-corrected chi connectivity index (χ0v) is 9.62. The second-order valence-corrected chi connectivity index (χ2v) is 4.12. The summed E-state index contributed by atoms with van der Waals surface area (Å²) in [5.41, 5.74) is 7.31. The van der Waals surface area contributed by atoms with Crippen molar-refractivity contribution in [3.63, 3.8) is 0 Å². The number of likely N-dealkylation sites (N-methyl/N-ethyl adjacent to an activating group) is 1. The molecule has 0 bridgehead atoms. The summed E-state index contributed by atoms with van der Waals surface area (Å²) in [6.07, 6.45) is 0. The second-order valence-electron chi connectivity index (χ2n) is 4.12. The molecule has 0 saturated carbocycles. The van der Waals surface area contributed by atoms with Crippen LogP contribution in [0.3, 0.4) is 0 Å². The number of nitrogen functional groups attached to an aromatic ring is 1. The SMILES string of the molecule is CCN1CCN(c2ccc(F)cc2N)CC1. The van der Waals surface area contributed by atoms with Crippen LogP contribution < -0.4 is 10.6 Å². The van der Waals surface area contributed by atoms with Gasteiger partial charge in [0, 0.05) is 26.2 Å². The maximum atomic E-state index is 12.9. The first-order valence-electron chi connectivity index (χ1n) is 5.73. The van der Waals surface area contributed by atoms with Crippen LogP contribution in [0.1, 0.15) is 6.92 Å². The largest absolute Gasteiger partial charge is 0.397 e. The van der Waals surface area contributed by atoms with E-state index in [4.69, 9.17) is 5.73 Å². The number of piperazine rings is 1. The highest BCUT2D eigenvalue weighted by atomic mass is 19.1. The molecule has 4 heteroatoms. The van der Waals surface area contributed by atoms with Crippen LogP contribution in [0.5, 0.6) is 0 Å². The number of anilines is 2. The molecule has 1 saturated heterocycles. The van der Waals surface area contributed by atoms with Crippen molar-refractivity contribution < 1.29 is 4.39 Å². The van der Waals surface area contributed by atoms with Gasteiger partial charge in [-0.05, 0) is 24.7 Å². The molecule has 88 valence electrons. The molecule has 1 heterocycles. The molecule has 1 aliphatic heterocycles. The van der Waals surface area contributed by atoms with Gasteiger partial charge in [-0.25, -0.2) is 4.39 Å². The summed E-state index contributed by atoms with van der Waals surface area (Å²) in [6, 6.07) is 4.63. The number of nitrogens with two attached hydrogens (primary N) is 1. The highest BCUT2D eigenvalue weighted by Gasteiger charge is 2.17. The molecule has 1 aromatic rings. The molecule has 0 atom stereocenters. The number of hydrogen-bond acceptors (Lipinski definition) is 3. The minimum absolute atomic E-state index is 0.270. The smallest absolute Gasteiger partial charge is 0.125 e. The van der Waals surface area contributed by atoms with Crippen molar-refractivity contribution in [1.82, 2.24) is 4.90 Å². The second kappa shape index (κ2) is 4.70. The van der Waals surface area contributed by atoms with Crippen LogP contribution in [0.15, 0.2) is 18.2 Å². The maximum absolute atomic E-state index is 12.9. The standard InChI is InChI=1S/C12H18FN3/c1-2-15-5-7-16(8-6-15)12-4-3-10(13)9-11(12)14/h3-4,9H,2,5-8,14H2,1H3. The third-order valence-electron chi connectivity index (χ3n) is 3.15. The first kappa shape index (κ1) is 11.2. The average molecular weight is 223 g/mol. The zero-order valence-electron chi connectivity index (χ0n) is 9.62. The average Bonchev–Trinajstić information content (AvgIpc) is 2.29. The van der Waals surface area contributed by atoms with Gasteiger partial charge < -0.3 is 15.5 Å². The lowest BCUT2D eigenvalue weighted by Gasteiger charge is -2.36. The van der Waals surface area contributed by atoms with Crippen LogP contribution in [0.4, 0.5) is 15.8 Å². The van der Waals surface area contributed by atoms with E-state index in [1.807, 2.05) is 0 Å². The molecular formula is C12H18FN3. The van der Waals surface area contributed by atoms with Gasteiger partial charge in [-0.1, -0.05) is 6.92 Å². The van der Waals surface area contributed by atoms with Crippen molar-refractivity contribution in [2.45, 2.75) is 6.92 Å². The summed E-state index contributed by atoms with van der Waals surface area (Å²) in [4.78, 5) is 4.62. The Hall–Kier alpha value is -1.29. The van der Waals surface area contributed by atoms with Gasteiger partial charge in [-0.15, -0.1) is 0 Å². The zero-order chi connectivity index (χ0) is 11.5. The Kier molecular flexibility index (Phi) is 3.29. The number of halogens is 1. The summed E-state index contributed by atoms with van der Waals surface area (Å²) in [5, 5.41) is 0. The fourth-order valence-corrected chi connectivity index (χ4v) is 2.12. The summed E-state index contributed by atoms with van der Waals surface area (Å²) in [7, 11) is 0. The van der Waals surface area contributed by atoms with Gasteiger partial charge >= 0.3 is 0 Å². The minimum atomic E-state index is -0.270. The van der Waals surface area contributed by atoms with Gasteiger partial charge in [-0.3, -0.25) is 0 Å². The van der Waals surface area contributed by atoms with Crippen molar-refractivity contribution in [3.05, 3.63) is 24.0 Å². The molecular weight excluding hydrogens is 205 g/mol. The number of nitrogens with zero attached hydrogens (tertiary/aromatic N) is 2. The van der Waals surface area contributed by atoms with Gasteiger partial charge in [0.1, 0.15) is 5.82 Å². The molecule has 0 radical (unpaired) electrons. The van der Waals surface area contributed by atoms with Crippen molar-refractivity contribution in [1.29, 1.82) is 0 Å². The summed E-state index contributed by atoms with van der Waals surface area (Å²) in [6.45, 7) is 7.28. The third kappa shape index (κ3) is 2.27. The number of benzene rings is 1. The van der Waals surface area contributed by atoms with E-state index in [0.717, 1.165) is 38.4 Å². The van der Waals surface area contributed by atoms with E-state index in [1.165, 1.54) is 12.1 Å².